The van der Waals surface area contributed by atoms with Crippen molar-refractivity contribution < 1.29 is 19.1 Å². The molecule has 3 aromatic rings. The van der Waals surface area contributed by atoms with Gasteiger partial charge in [-0.1, -0.05) is 47.7 Å². The standard InChI is InChI=1S/C20H20N4O4/c1-2-27-19(25)18(24-17-11-7-6-10-16(17)21-22-24)23-15(13-28-20(23)26)12-14-8-4-3-5-9-14/h3-11,15,18H,2,12-13H2,1H3/t15-,18?/m0/s1. The lowest BCUT2D eigenvalue weighted by Crippen LogP contribution is -2.45. The molecule has 28 heavy (non-hydrogen) atoms. The van der Waals surface area contributed by atoms with Crippen LogP contribution in [0.1, 0.15) is 18.7 Å². The Morgan fingerprint density at radius 2 is 1.96 bits per heavy atom. The third kappa shape index (κ3) is 3.28. The van der Waals surface area contributed by atoms with Crippen molar-refractivity contribution in [1.82, 2.24) is 19.9 Å². The van der Waals surface area contributed by atoms with Gasteiger partial charge < -0.3 is 9.47 Å². The van der Waals surface area contributed by atoms with Crippen molar-refractivity contribution in [3.8, 4) is 0 Å². The monoisotopic (exact) mass is 380 g/mol. The molecule has 1 saturated heterocycles. The zero-order valence-corrected chi connectivity index (χ0v) is 15.4. The van der Waals surface area contributed by atoms with Gasteiger partial charge in [0, 0.05) is 0 Å². The van der Waals surface area contributed by atoms with E-state index >= 15 is 0 Å². The van der Waals surface area contributed by atoms with Crippen LogP contribution in [0.25, 0.3) is 11.0 Å². The van der Waals surface area contributed by atoms with Crippen molar-refractivity contribution in [2.75, 3.05) is 13.2 Å². The lowest BCUT2D eigenvalue weighted by Gasteiger charge is -2.29. The first-order valence-electron chi connectivity index (χ1n) is 9.14. The fourth-order valence-electron chi connectivity index (χ4n) is 3.43. The minimum Gasteiger partial charge on any atom is -0.463 e. The van der Waals surface area contributed by atoms with Gasteiger partial charge in [-0.3, -0.25) is 4.90 Å². The molecule has 1 aliphatic rings. The normalized spacial score (nSPS) is 17.5. The quantitative estimate of drug-likeness (QED) is 0.611. The van der Waals surface area contributed by atoms with E-state index in [4.69, 9.17) is 9.47 Å². The van der Waals surface area contributed by atoms with E-state index in [9.17, 15) is 9.59 Å². The highest BCUT2D eigenvalue weighted by Gasteiger charge is 2.44. The Labute approximate surface area is 161 Å². The van der Waals surface area contributed by atoms with E-state index in [2.05, 4.69) is 10.3 Å². The molecule has 0 N–H and O–H groups in total. The summed E-state index contributed by atoms with van der Waals surface area (Å²) in [5.74, 6) is -0.574. The highest BCUT2D eigenvalue weighted by Crippen LogP contribution is 2.28. The summed E-state index contributed by atoms with van der Waals surface area (Å²) in [6, 6.07) is 16.7. The predicted molar refractivity (Wildman–Crippen MR) is 100 cm³/mol. The molecule has 0 saturated carbocycles. The second-order valence-electron chi connectivity index (χ2n) is 6.48. The van der Waals surface area contributed by atoms with Crippen LogP contribution in [0.3, 0.4) is 0 Å². The van der Waals surface area contributed by atoms with Gasteiger partial charge in [0.15, 0.2) is 0 Å². The summed E-state index contributed by atoms with van der Waals surface area (Å²) in [6.45, 7) is 2.10. The first-order valence-corrected chi connectivity index (χ1v) is 9.14. The summed E-state index contributed by atoms with van der Waals surface area (Å²) < 4.78 is 12.0. The number of ether oxygens (including phenoxy) is 2. The first kappa shape index (κ1) is 18.0. The zero-order chi connectivity index (χ0) is 19.5. The maximum absolute atomic E-state index is 12.9. The summed E-state index contributed by atoms with van der Waals surface area (Å²) in [4.78, 5) is 26.9. The molecule has 0 bridgehead atoms. The number of fused-ring (bicyclic) bond motifs is 1. The van der Waals surface area contributed by atoms with Gasteiger partial charge in [-0.25, -0.2) is 14.3 Å². The molecule has 0 aliphatic carbocycles. The molecular weight excluding hydrogens is 360 g/mol. The molecule has 2 atom stereocenters. The Bertz CT molecular complexity index is 988. The number of hydrogen-bond acceptors (Lipinski definition) is 6. The van der Waals surface area contributed by atoms with Gasteiger partial charge in [-0.2, -0.15) is 0 Å². The van der Waals surface area contributed by atoms with Crippen molar-refractivity contribution in [2.24, 2.45) is 0 Å². The first-order chi connectivity index (χ1) is 13.7. The van der Waals surface area contributed by atoms with Crippen molar-refractivity contribution in [3.63, 3.8) is 0 Å². The van der Waals surface area contributed by atoms with Crippen LogP contribution in [0, 0.1) is 0 Å². The molecule has 0 spiro atoms. The van der Waals surface area contributed by atoms with Gasteiger partial charge >= 0.3 is 12.1 Å². The van der Waals surface area contributed by atoms with Crippen LogP contribution in [0.2, 0.25) is 0 Å². The number of carbonyl (C=O) groups excluding carboxylic acids is 2. The number of para-hydroxylation sites is 1. The molecule has 2 heterocycles. The number of esters is 1. The van der Waals surface area contributed by atoms with Gasteiger partial charge in [0.05, 0.1) is 18.2 Å². The Kier molecular flexibility index (Phi) is 4.92. The Balaban J connectivity index is 1.74. The molecule has 144 valence electrons. The minimum absolute atomic E-state index is 0.189. The van der Waals surface area contributed by atoms with Gasteiger partial charge in [0.1, 0.15) is 12.1 Å². The van der Waals surface area contributed by atoms with Crippen LogP contribution < -0.4 is 0 Å². The molecule has 4 rings (SSSR count). The van der Waals surface area contributed by atoms with Crippen LogP contribution in [0.15, 0.2) is 54.6 Å². The van der Waals surface area contributed by atoms with Gasteiger partial charge in [-0.15, -0.1) is 5.10 Å². The summed E-state index contributed by atoms with van der Waals surface area (Å²) in [5, 5.41) is 8.25. The predicted octanol–water partition coefficient (Wildman–Crippen LogP) is 2.56. The fourth-order valence-corrected chi connectivity index (χ4v) is 3.43. The second-order valence-corrected chi connectivity index (χ2v) is 6.48. The number of cyclic esters (lactones) is 1. The summed E-state index contributed by atoms with van der Waals surface area (Å²) in [6.07, 6.45) is -1.11. The molecule has 8 heteroatoms. The van der Waals surface area contributed by atoms with E-state index in [0.717, 1.165) is 5.56 Å². The van der Waals surface area contributed by atoms with Crippen molar-refractivity contribution in [3.05, 3.63) is 60.2 Å². The number of nitrogens with zero attached hydrogens (tertiary/aromatic N) is 4. The lowest BCUT2D eigenvalue weighted by molar-refractivity contribution is -0.153. The van der Waals surface area contributed by atoms with Crippen LogP contribution >= 0.6 is 0 Å². The van der Waals surface area contributed by atoms with Crippen LogP contribution in [0.4, 0.5) is 4.79 Å². The third-order valence-electron chi connectivity index (χ3n) is 4.69. The van der Waals surface area contributed by atoms with E-state index in [1.807, 2.05) is 42.5 Å². The second kappa shape index (κ2) is 7.67. The Morgan fingerprint density at radius 3 is 2.75 bits per heavy atom. The number of rotatable bonds is 6. The molecule has 1 unspecified atom stereocenters. The molecule has 1 amide bonds. The SMILES string of the molecule is CCOC(=O)C(N1C(=O)OC[C@@H]1Cc1ccccc1)n1nnc2ccccc21. The van der Waals surface area contributed by atoms with Gasteiger partial charge in [0.25, 0.3) is 0 Å². The Morgan fingerprint density at radius 1 is 1.21 bits per heavy atom. The highest BCUT2D eigenvalue weighted by atomic mass is 16.6. The summed E-state index contributed by atoms with van der Waals surface area (Å²) in [7, 11) is 0. The third-order valence-corrected chi connectivity index (χ3v) is 4.69. The van der Waals surface area contributed by atoms with E-state index in [0.29, 0.717) is 17.5 Å². The van der Waals surface area contributed by atoms with Gasteiger partial charge in [0.2, 0.25) is 6.17 Å². The average molecular weight is 380 g/mol. The van der Waals surface area contributed by atoms with Crippen LogP contribution in [-0.4, -0.2) is 51.2 Å². The number of benzene rings is 2. The molecule has 8 nitrogen and oxygen atoms in total. The molecule has 1 aromatic heterocycles. The summed E-state index contributed by atoms with van der Waals surface area (Å²) in [5.41, 5.74) is 2.31. The lowest BCUT2D eigenvalue weighted by atomic mass is 10.1. The largest absolute Gasteiger partial charge is 0.463 e. The smallest absolute Gasteiger partial charge is 0.412 e. The molecule has 1 aliphatic heterocycles. The van der Waals surface area contributed by atoms with Crippen LogP contribution in [0.5, 0.6) is 0 Å². The molecule has 2 aromatic carbocycles. The fraction of sp³-hybridized carbons (Fsp3) is 0.300. The topological polar surface area (TPSA) is 86.5 Å². The summed E-state index contributed by atoms with van der Waals surface area (Å²) >= 11 is 0. The highest BCUT2D eigenvalue weighted by molar-refractivity contribution is 5.83. The van der Waals surface area contributed by atoms with Gasteiger partial charge in [-0.05, 0) is 31.0 Å². The van der Waals surface area contributed by atoms with Crippen LogP contribution in [-0.2, 0) is 20.7 Å². The van der Waals surface area contributed by atoms with Crippen molar-refractivity contribution >= 4 is 23.1 Å². The number of amides is 1. The average Bonchev–Trinajstić information content (AvgIpc) is 3.29. The molecular formula is C20H20N4O4. The van der Waals surface area contributed by atoms with E-state index < -0.39 is 18.2 Å². The molecule has 0 radical (unpaired) electrons. The minimum atomic E-state index is -1.09. The maximum Gasteiger partial charge on any atom is 0.412 e. The number of aromatic nitrogens is 3. The van der Waals surface area contributed by atoms with Crippen molar-refractivity contribution in [2.45, 2.75) is 25.6 Å². The van der Waals surface area contributed by atoms with E-state index in [1.54, 1.807) is 19.1 Å². The van der Waals surface area contributed by atoms with E-state index in [-0.39, 0.29) is 19.3 Å². The van der Waals surface area contributed by atoms with Crippen molar-refractivity contribution in [1.29, 1.82) is 0 Å². The zero-order valence-electron chi connectivity index (χ0n) is 15.4. The molecule has 1 fully saturated rings. The Hall–Kier alpha value is -3.42. The number of carbonyl (C=O) groups is 2. The number of hydrogen-bond donors (Lipinski definition) is 0. The maximum atomic E-state index is 12.9. The van der Waals surface area contributed by atoms with E-state index in [1.165, 1.54) is 9.58 Å².